The molecule has 0 saturated carbocycles. The molecule has 1 aromatic carbocycles. The van der Waals surface area contributed by atoms with E-state index in [-0.39, 0.29) is 0 Å². The summed E-state index contributed by atoms with van der Waals surface area (Å²) in [5, 5.41) is 3.41. The normalized spacial score (nSPS) is 10.4. The first-order chi connectivity index (χ1) is 7.86. The predicted octanol–water partition coefficient (Wildman–Crippen LogP) is 2.93. The smallest absolute Gasteiger partial charge is 0.119 e. The van der Waals surface area contributed by atoms with Gasteiger partial charge in [-0.1, -0.05) is 19.1 Å². The van der Waals surface area contributed by atoms with Crippen LogP contribution in [-0.4, -0.2) is 25.2 Å². The number of thioether (sulfide) groups is 1. The maximum atomic E-state index is 5.59. The van der Waals surface area contributed by atoms with Crippen molar-refractivity contribution in [2.75, 3.05) is 25.2 Å². The Balaban J connectivity index is 2.35. The van der Waals surface area contributed by atoms with Crippen LogP contribution >= 0.6 is 11.8 Å². The number of ether oxygens (including phenoxy) is 1. The van der Waals surface area contributed by atoms with E-state index in [0.29, 0.717) is 0 Å². The van der Waals surface area contributed by atoms with Crippen molar-refractivity contribution in [2.45, 2.75) is 19.9 Å². The van der Waals surface area contributed by atoms with E-state index < -0.39 is 0 Å². The minimum Gasteiger partial charge on any atom is -0.494 e. The van der Waals surface area contributed by atoms with Crippen molar-refractivity contribution in [1.82, 2.24) is 5.32 Å². The quantitative estimate of drug-likeness (QED) is 0.705. The summed E-state index contributed by atoms with van der Waals surface area (Å²) in [6.07, 6.45) is 3.18. The van der Waals surface area contributed by atoms with Gasteiger partial charge in [-0.25, -0.2) is 0 Å². The number of nitrogens with one attached hydrogen (secondary N) is 1. The minimum absolute atomic E-state index is 0.795. The molecule has 3 heteroatoms. The molecule has 0 fully saturated rings. The SMILES string of the molecule is CCCOc1cccc(CNCCSC)c1. The Morgan fingerprint density at radius 2 is 2.25 bits per heavy atom. The maximum absolute atomic E-state index is 5.59. The van der Waals surface area contributed by atoms with Crippen LogP contribution in [0.3, 0.4) is 0 Å². The molecule has 2 nitrogen and oxygen atoms in total. The van der Waals surface area contributed by atoms with Crippen LogP contribution in [0, 0.1) is 0 Å². The lowest BCUT2D eigenvalue weighted by Gasteiger charge is -2.07. The molecule has 0 aliphatic rings. The molecule has 0 saturated heterocycles. The first kappa shape index (κ1) is 13.4. The van der Waals surface area contributed by atoms with Gasteiger partial charge in [-0.3, -0.25) is 0 Å². The third-order valence-electron chi connectivity index (χ3n) is 2.18. The summed E-state index contributed by atoms with van der Waals surface area (Å²) < 4.78 is 5.59. The molecule has 16 heavy (non-hydrogen) atoms. The molecule has 0 heterocycles. The average molecular weight is 239 g/mol. The summed E-state index contributed by atoms with van der Waals surface area (Å²) in [7, 11) is 0. The van der Waals surface area contributed by atoms with E-state index in [1.807, 2.05) is 17.8 Å². The Bertz CT molecular complexity index is 291. The molecule has 0 bridgehead atoms. The maximum Gasteiger partial charge on any atom is 0.119 e. The molecule has 0 aromatic heterocycles. The highest BCUT2D eigenvalue weighted by molar-refractivity contribution is 7.98. The number of hydrogen-bond donors (Lipinski definition) is 1. The minimum atomic E-state index is 0.795. The van der Waals surface area contributed by atoms with E-state index in [2.05, 4.69) is 36.7 Å². The third kappa shape index (κ3) is 5.42. The fourth-order valence-corrected chi connectivity index (χ4v) is 1.72. The van der Waals surface area contributed by atoms with Gasteiger partial charge in [-0.2, -0.15) is 11.8 Å². The number of rotatable bonds is 8. The second kappa shape index (κ2) is 8.48. The summed E-state index contributed by atoms with van der Waals surface area (Å²) in [4.78, 5) is 0. The molecule has 1 aromatic rings. The Morgan fingerprint density at radius 1 is 1.38 bits per heavy atom. The molecule has 0 aliphatic carbocycles. The number of benzene rings is 1. The van der Waals surface area contributed by atoms with Gasteiger partial charge >= 0.3 is 0 Å². The van der Waals surface area contributed by atoms with Crippen molar-refractivity contribution in [3.8, 4) is 5.75 Å². The summed E-state index contributed by atoms with van der Waals surface area (Å²) in [6, 6.07) is 8.31. The van der Waals surface area contributed by atoms with Gasteiger partial charge in [0.2, 0.25) is 0 Å². The third-order valence-corrected chi connectivity index (χ3v) is 2.80. The van der Waals surface area contributed by atoms with Gasteiger partial charge in [0.25, 0.3) is 0 Å². The Labute approximate surface area is 103 Å². The molecule has 1 rings (SSSR count). The summed E-state index contributed by atoms with van der Waals surface area (Å²) >= 11 is 1.86. The zero-order valence-electron chi connectivity index (χ0n) is 10.2. The molecular weight excluding hydrogens is 218 g/mol. The van der Waals surface area contributed by atoms with Gasteiger partial charge in [0.05, 0.1) is 6.61 Å². The second-order valence-electron chi connectivity index (χ2n) is 3.67. The Kier molecular flexibility index (Phi) is 7.10. The zero-order valence-corrected chi connectivity index (χ0v) is 11.0. The van der Waals surface area contributed by atoms with Crippen molar-refractivity contribution in [2.24, 2.45) is 0 Å². The van der Waals surface area contributed by atoms with Gasteiger partial charge in [-0.15, -0.1) is 0 Å². The van der Waals surface area contributed by atoms with Crippen LogP contribution in [0.15, 0.2) is 24.3 Å². The molecular formula is C13H21NOS. The fraction of sp³-hybridized carbons (Fsp3) is 0.538. The van der Waals surface area contributed by atoms with Crippen LogP contribution in [0.5, 0.6) is 5.75 Å². The molecule has 0 atom stereocenters. The van der Waals surface area contributed by atoms with Crippen molar-refractivity contribution in [3.63, 3.8) is 0 Å². The van der Waals surface area contributed by atoms with E-state index in [9.17, 15) is 0 Å². The van der Waals surface area contributed by atoms with Crippen molar-refractivity contribution in [1.29, 1.82) is 0 Å². The predicted molar refractivity (Wildman–Crippen MR) is 72.3 cm³/mol. The van der Waals surface area contributed by atoms with Crippen LogP contribution in [-0.2, 0) is 6.54 Å². The van der Waals surface area contributed by atoms with Gasteiger partial charge in [0.1, 0.15) is 5.75 Å². The van der Waals surface area contributed by atoms with Crippen LogP contribution < -0.4 is 10.1 Å². The summed E-state index contributed by atoms with van der Waals surface area (Å²) in [6.45, 7) is 4.89. The first-order valence-electron chi connectivity index (χ1n) is 5.78. The molecule has 0 unspecified atom stereocenters. The fourth-order valence-electron chi connectivity index (χ4n) is 1.37. The Morgan fingerprint density at radius 3 is 3.00 bits per heavy atom. The van der Waals surface area contributed by atoms with E-state index in [1.54, 1.807) is 0 Å². The largest absolute Gasteiger partial charge is 0.494 e. The highest BCUT2D eigenvalue weighted by Gasteiger charge is 1.96. The van der Waals surface area contributed by atoms with E-state index in [4.69, 9.17) is 4.74 Å². The average Bonchev–Trinajstić information content (AvgIpc) is 2.33. The monoisotopic (exact) mass is 239 g/mol. The zero-order chi connectivity index (χ0) is 11.6. The molecule has 1 N–H and O–H groups in total. The second-order valence-corrected chi connectivity index (χ2v) is 4.65. The summed E-state index contributed by atoms with van der Waals surface area (Å²) in [5.74, 6) is 2.14. The molecule has 0 amide bonds. The van der Waals surface area contributed by atoms with Crippen LogP contribution in [0.4, 0.5) is 0 Å². The van der Waals surface area contributed by atoms with Crippen LogP contribution in [0.25, 0.3) is 0 Å². The first-order valence-corrected chi connectivity index (χ1v) is 7.17. The van der Waals surface area contributed by atoms with Gasteiger partial charge in [0, 0.05) is 18.8 Å². The molecule has 0 radical (unpaired) electrons. The van der Waals surface area contributed by atoms with Crippen molar-refractivity contribution >= 4 is 11.8 Å². The van der Waals surface area contributed by atoms with Crippen LogP contribution in [0.2, 0.25) is 0 Å². The highest BCUT2D eigenvalue weighted by atomic mass is 32.2. The molecule has 90 valence electrons. The van der Waals surface area contributed by atoms with Crippen molar-refractivity contribution < 1.29 is 4.74 Å². The van der Waals surface area contributed by atoms with Gasteiger partial charge in [0.15, 0.2) is 0 Å². The van der Waals surface area contributed by atoms with Gasteiger partial charge in [-0.05, 0) is 30.4 Å². The molecule has 0 spiro atoms. The Hall–Kier alpha value is -0.670. The van der Waals surface area contributed by atoms with Gasteiger partial charge < -0.3 is 10.1 Å². The number of hydrogen-bond acceptors (Lipinski definition) is 3. The lowest BCUT2D eigenvalue weighted by molar-refractivity contribution is 0.317. The lowest BCUT2D eigenvalue weighted by atomic mass is 10.2. The van der Waals surface area contributed by atoms with Crippen LogP contribution in [0.1, 0.15) is 18.9 Å². The standard InChI is InChI=1S/C13H21NOS/c1-3-8-15-13-6-4-5-12(10-13)11-14-7-9-16-2/h4-6,10,14H,3,7-9,11H2,1-2H3. The van der Waals surface area contributed by atoms with E-state index in [1.165, 1.54) is 5.56 Å². The summed E-state index contributed by atoms with van der Waals surface area (Å²) in [5.41, 5.74) is 1.29. The topological polar surface area (TPSA) is 21.3 Å². The highest BCUT2D eigenvalue weighted by Crippen LogP contribution is 2.13. The lowest BCUT2D eigenvalue weighted by Crippen LogP contribution is -2.16. The van der Waals surface area contributed by atoms with Crippen molar-refractivity contribution in [3.05, 3.63) is 29.8 Å². The molecule has 0 aliphatic heterocycles. The van der Waals surface area contributed by atoms with E-state index in [0.717, 1.165) is 37.6 Å². The van der Waals surface area contributed by atoms with E-state index >= 15 is 0 Å².